The highest BCUT2D eigenvalue weighted by atomic mass is 16.5. The van der Waals surface area contributed by atoms with Gasteiger partial charge in [-0.2, -0.15) is 0 Å². The van der Waals surface area contributed by atoms with Gasteiger partial charge < -0.3 is 19.3 Å². The Balaban J connectivity index is 1.57. The molecule has 0 N–H and O–H groups in total. The summed E-state index contributed by atoms with van der Waals surface area (Å²) in [6.07, 6.45) is 1.54. The fraction of sp³-hybridized carbons (Fsp3) is 0.650. The lowest BCUT2D eigenvalue weighted by atomic mass is 9.83. The summed E-state index contributed by atoms with van der Waals surface area (Å²) in [4.78, 5) is 19.7. The molecule has 144 valence electrons. The number of benzene rings is 1. The van der Waals surface area contributed by atoms with Crippen LogP contribution in [-0.2, 0) is 4.79 Å². The first-order chi connectivity index (χ1) is 12.4. The molecule has 2 saturated heterocycles. The van der Waals surface area contributed by atoms with E-state index in [9.17, 15) is 4.79 Å². The number of methoxy groups -OCH3 is 1. The number of rotatable bonds is 4. The Bertz CT molecular complexity index is 628. The topological polar surface area (TPSA) is 45.3 Å². The van der Waals surface area contributed by atoms with Gasteiger partial charge in [0, 0.05) is 44.3 Å². The number of likely N-dealkylation sites (N-methyl/N-ethyl adjacent to an activating group) is 2. The van der Waals surface area contributed by atoms with Crippen molar-refractivity contribution in [2.75, 3.05) is 53.9 Å². The van der Waals surface area contributed by atoms with Gasteiger partial charge in [-0.05, 0) is 46.0 Å². The molecule has 2 fully saturated rings. The Morgan fingerprint density at radius 3 is 2.50 bits per heavy atom. The molecule has 6 heteroatoms. The molecule has 2 aliphatic heterocycles. The SMILES string of the molecule is COc1cccc(O[C@H](C)C(=O)N2CCC3(CC2)CN(C)CCN3C)c1. The zero-order valence-corrected chi connectivity index (χ0v) is 16.4. The molecular weight excluding hydrogens is 330 g/mol. The molecule has 1 aromatic carbocycles. The number of hydrogen-bond acceptors (Lipinski definition) is 5. The van der Waals surface area contributed by atoms with Crippen molar-refractivity contribution in [2.24, 2.45) is 0 Å². The third kappa shape index (κ3) is 3.96. The van der Waals surface area contributed by atoms with Crippen LogP contribution in [0.25, 0.3) is 0 Å². The van der Waals surface area contributed by atoms with Crippen molar-refractivity contribution in [1.82, 2.24) is 14.7 Å². The van der Waals surface area contributed by atoms with Crippen LogP contribution in [0.4, 0.5) is 0 Å². The van der Waals surface area contributed by atoms with Crippen LogP contribution in [-0.4, -0.2) is 86.2 Å². The molecule has 0 aromatic heterocycles. The van der Waals surface area contributed by atoms with Crippen LogP contribution in [0.5, 0.6) is 11.5 Å². The van der Waals surface area contributed by atoms with Crippen molar-refractivity contribution in [1.29, 1.82) is 0 Å². The molecule has 2 aliphatic rings. The predicted octanol–water partition coefficient (Wildman–Crippen LogP) is 1.70. The van der Waals surface area contributed by atoms with Gasteiger partial charge in [-0.1, -0.05) is 6.07 Å². The number of piperidine rings is 1. The van der Waals surface area contributed by atoms with Gasteiger partial charge in [-0.3, -0.25) is 9.69 Å². The van der Waals surface area contributed by atoms with Crippen LogP contribution in [0.15, 0.2) is 24.3 Å². The highest BCUT2D eigenvalue weighted by Gasteiger charge is 2.42. The van der Waals surface area contributed by atoms with Crippen molar-refractivity contribution in [2.45, 2.75) is 31.4 Å². The van der Waals surface area contributed by atoms with E-state index >= 15 is 0 Å². The van der Waals surface area contributed by atoms with Crippen molar-refractivity contribution in [3.63, 3.8) is 0 Å². The van der Waals surface area contributed by atoms with Gasteiger partial charge in [0.05, 0.1) is 7.11 Å². The third-order valence-corrected chi connectivity index (χ3v) is 5.90. The van der Waals surface area contributed by atoms with Gasteiger partial charge in [0.15, 0.2) is 6.10 Å². The average Bonchev–Trinajstić information content (AvgIpc) is 2.65. The van der Waals surface area contributed by atoms with Crippen LogP contribution >= 0.6 is 0 Å². The van der Waals surface area contributed by atoms with Crippen LogP contribution < -0.4 is 9.47 Å². The maximum atomic E-state index is 12.8. The van der Waals surface area contributed by atoms with Gasteiger partial charge in [-0.15, -0.1) is 0 Å². The molecule has 0 aliphatic carbocycles. The molecule has 1 aromatic rings. The first-order valence-electron chi connectivity index (χ1n) is 9.43. The normalized spacial score (nSPS) is 22.2. The number of likely N-dealkylation sites (tertiary alicyclic amines) is 1. The van der Waals surface area contributed by atoms with E-state index in [1.54, 1.807) is 7.11 Å². The monoisotopic (exact) mass is 361 g/mol. The summed E-state index contributed by atoms with van der Waals surface area (Å²) >= 11 is 0. The molecule has 6 nitrogen and oxygen atoms in total. The van der Waals surface area contributed by atoms with Crippen molar-refractivity contribution < 1.29 is 14.3 Å². The molecule has 1 spiro atoms. The van der Waals surface area contributed by atoms with E-state index in [1.165, 1.54) is 0 Å². The minimum atomic E-state index is -0.497. The van der Waals surface area contributed by atoms with Crippen LogP contribution in [0, 0.1) is 0 Å². The minimum absolute atomic E-state index is 0.0643. The molecule has 2 heterocycles. The Morgan fingerprint density at radius 1 is 1.12 bits per heavy atom. The molecular formula is C20H31N3O3. The van der Waals surface area contributed by atoms with E-state index < -0.39 is 6.10 Å². The molecule has 0 saturated carbocycles. The number of ether oxygens (including phenoxy) is 2. The highest BCUT2D eigenvalue weighted by molar-refractivity contribution is 5.81. The summed E-state index contributed by atoms with van der Waals surface area (Å²) in [5, 5.41) is 0. The minimum Gasteiger partial charge on any atom is -0.497 e. The summed E-state index contributed by atoms with van der Waals surface area (Å²) in [6.45, 7) is 6.71. The van der Waals surface area contributed by atoms with E-state index in [-0.39, 0.29) is 11.4 Å². The van der Waals surface area contributed by atoms with E-state index in [0.29, 0.717) is 5.75 Å². The molecule has 26 heavy (non-hydrogen) atoms. The Hall–Kier alpha value is -1.79. The zero-order valence-electron chi connectivity index (χ0n) is 16.4. The lowest BCUT2D eigenvalue weighted by Gasteiger charge is -2.52. The van der Waals surface area contributed by atoms with Crippen LogP contribution in [0.2, 0.25) is 0 Å². The molecule has 0 bridgehead atoms. The Labute approximate surface area is 156 Å². The fourth-order valence-electron chi connectivity index (χ4n) is 4.13. The lowest BCUT2D eigenvalue weighted by Crippen LogP contribution is -2.64. The van der Waals surface area contributed by atoms with Gasteiger partial charge in [0.2, 0.25) is 0 Å². The van der Waals surface area contributed by atoms with E-state index in [1.807, 2.05) is 36.1 Å². The first kappa shape index (κ1) is 19.0. The maximum Gasteiger partial charge on any atom is 0.263 e. The van der Waals surface area contributed by atoms with Crippen LogP contribution in [0.1, 0.15) is 19.8 Å². The number of hydrogen-bond donors (Lipinski definition) is 0. The van der Waals surface area contributed by atoms with Gasteiger partial charge >= 0.3 is 0 Å². The van der Waals surface area contributed by atoms with Crippen molar-refractivity contribution >= 4 is 5.91 Å². The molecule has 0 unspecified atom stereocenters. The summed E-state index contributed by atoms with van der Waals surface area (Å²) in [7, 11) is 6.03. The number of carbonyl (C=O) groups excluding carboxylic acids is 1. The second-order valence-corrected chi connectivity index (χ2v) is 7.65. The Kier molecular flexibility index (Phi) is 5.73. The summed E-state index contributed by atoms with van der Waals surface area (Å²) < 4.78 is 11.1. The number of nitrogens with zero attached hydrogens (tertiary/aromatic N) is 3. The summed E-state index contributed by atoms with van der Waals surface area (Å²) in [6, 6.07) is 7.39. The standard InChI is InChI=1S/C20H31N3O3/c1-16(26-18-7-5-6-17(14-18)25-4)19(24)23-10-8-20(9-11-23)15-21(2)12-13-22(20)3/h5-7,14,16H,8-13,15H2,1-4H3/t16-/m1/s1. The highest BCUT2D eigenvalue weighted by Crippen LogP contribution is 2.31. The third-order valence-electron chi connectivity index (χ3n) is 5.90. The second kappa shape index (κ2) is 7.84. The largest absolute Gasteiger partial charge is 0.497 e. The van der Waals surface area contributed by atoms with E-state index in [0.717, 1.165) is 51.3 Å². The average molecular weight is 361 g/mol. The summed E-state index contributed by atoms with van der Waals surface area (Å²) in [5.41, 5.74) is 0.209. The molecule has 0 radical (unpaired) electrons. The fourth-order valence-corrected chi connectivity index (χ4v) is 4.13. The smallest absolute Gasteiger partial charge is 0.263 e. The van der Waals surface area contributed by atoms with E-state index in [2.05, 4.69) is 23.9 Å². The van der Waals surface area contributed by atoms with Gasteiger partial charge in [-0.25, -0.2) is 0 Å². The quantitative estimate of drug-likeness (QED) is 0.817. The maximum absolute atomic E-state index is 12.8. The van der Waals surface area contributed by atoms with Crippen molar-refractivity contribution in [3.05, 3.63) is 24.3 Å². The van der Waals surface area contributed by atoms with Crippen LogP contribution in [0.3, 0.4) is 0 Å². The first-order valence-corrected chi connectivity index (χ1v) is 9.43. The second-order valence-electron chi connectivity index (χ2n) is 7.65. The van der Waals surface area contributed by atoms with Gasteiger partial charge in [0.25, 0.3) is 5.91 Å². The van der Waals surface area contributed by atoms with Gasteiger partial charge in [0.1, 0.15) is 11.5 Å². The molecule has 3 rings (SSSR count). The van der Waals surface area contributed by atoms with E-state index in [4.69, 9.17) is 9.47 Å². The molecule has 1 amide bonds. The summed E-state index contributed by atoms with van der Waals surface area (Å²) in [5.74, 6) is 1.45. The Morgan fingerprint density at radius 2 is 1.81 bits per heavy atom. The molecule has 1 atom stereocenters. The zero-order chi connectivity index (χ0) is 18.7. The number of carbonyl (C=O) groups is 1. The predicted molar refractivity (Wildman–Crippen MR) is 102 cm³/mol. The number of piperazine rings is 1. The van der Waals surface area contributed by atoms with Crippen molar-refractivity contribution in [3.8, 4) is 11.5 Å². The number of amides is 1. The lowest BCUT2D eigenvalue weighted by molar-refractivity contribution is -0.141.